The molecule has 1 fully saturated rings. The van der Waals surface area contributed by atoms with Crippen LogP contribution in [-0.2, 0) is 16.1 Å². The van der Waals surface area contributed by atoms with E-state index in [-0.39, 0.29) is 11.8 Å². The fourth-order valence-electron chi connectivity index (χ4n) is 1.96. The highest BCUT2D eigenvalue weighted by Gasteiger charge is 2.26. The molecule has 1 N–H and O–H groups in total. The van der Waals surface area contributed by atoms with Crippen molar-refractivity contribution in [2.45, 2.75) is 25.9 Å². The van der Waals surface area contributed by atoms with E-state index >= 15 is 0 Å². The molecule has 0 radical (unpaired) electrons. The number of benzene rings is 1. The van der Waals surface area contributed by atoms with E-state index < -0.39 is 6.04 Å². The Morgan fingerprint density at radius 2 is 2.00 bits per heavy atom. The van der Waals surface area contributed by atoms with Crippen LogP contribution in [0.3, 0.4) is 0 Å². The van der Waals surface area contributed by atoms with Crippen molar-refractivity contribution in [1.29, 1.82) is 0 Å². The predicted molar refractivity (Wildman–Crippen MR) is 71.8 cm³/mol. The number of nitrogens with zero attached hydrogens (tertiary/aromatic N) is 1. The van der Waals surface area contributed by atoms with Crippen LogP contribution in [0.15, 0.2) is 28.7 Å². The second-order valence-corrected chi connectivity index (χ2v) is 5.34. The Kier molecular flexibility index (Phi) is 4.01. The van der Waals surface area contributed by atoms with Crippen molar-refractivity contribution < 1.29 is 9.59 Å². The van der Waals surface area contributed by atoms with Gasteiger partial charge >= 0.3 is 0 Å². The first-order valence-electron chi connectivity index (χ1n) is 5.89. The molecule has 1 heterocycles. The third-order valence-corrected chi connectivity index (χ3v) is 3.48. The second kappa shape index (κ2) is 5.52. The molecule has 0 aromatic heterocycles. The van der Waals surface area contributed by atoms with Crippen LogP contribution in [0, 0.1) is 0 Å². The molecule has 0 saturated carbocycles. The molecule has 1 aliphatic rings. The molecule has 1 unspecified atom stereocenters. The van der Waals surface area contributed by atoms with Crippen LogP contribution in [0.1, 0.15) is 18.9 Å². The van der Waals surface area contributed by atoms with Crippen LogP contribution in [0.2, 0.25) is 0 Å². The lowest BCUT2D eigenvalue weighted by Crippen LogP contribution is -2.42. The average molecular weight is 311 g/mol. The zero-order valence-electron chi connectivity index (χ0n) is 10.1. The van der Waals surface area contributed by atoms with Crippen LogP contribution in [0.25, 0.3) is 0 Å². The Morgan fingerprint density at radius 3 is 2.67 bits per heavy atom. The van der Waals surface area contributed by atoms with Gasteiger partial charge < -0.3 is 10.2 Å². The first-order valence-corrected chi connectivity index (χ1v) is 6.68. The summed E-state index contributed by atoms with van der Waals surface area (Å²) in [4.78, 5) is 25.2. The number of carbonyl (C=O) groups excluding carboxylic acids is 2. The molecule has 96 valence electrons. The molecule has 5 heteroatoms. The highest BCUT2D eigenvalue weighted by atomic mass is 79.9. The van der Waals surface area contributed by atoms with Crippen molar-refractivity contribution in [2.24, 2.45) is 0 Å². The number of halogens is 1. The zero-order valence-corrected chi connectivity index (χ0v) is 11.7. The SMILES string of the molecule is CC1NC(=O)CCN(Cc2ccc(Br)cc2)C1=O. The summed E-state index contributed by atoms with van der Waals surface area (Å²) >= 11 is 3.38. The summed E-state index contributed by atoms with van der Waals surface area (Å²) in [5.41, 5.74) is 1.06. The number of amides is 2. The lowest BCUT2D eigenvalue weighted by atomic mass is 10.2. The minimum Gasteiger partial charge on any atom is -0.345 e. The fourth-order valence-corrected chi connectivity index (χ4v) is 2.23. The van der Waals surface area contributed by atoms with E-state index in [1.807, 2.05) is 24.3 Å². The molecule has 1 saturated heterocycles. The van der Waals surface area contributed by atoms with Crippen LogP contribution >= 0.6 is 15.9 Å². The number of hydrogen-bond acceptors (Lipinski definition) is 2. The summed E-state index contributed by atoms with van der Waals surface area (Å²) in [6.07, 6.45) is 0.368. The van der Waals surface area contributed by atoms with Gasteiger partial charge in [0, 0.05) is 24.0 Å². The van der Waals surface area contributed by atoms with Gasteiger partial charge in [-0.2, -0.15) is 0 Å². The lowest BCUT2D eigenvalue weighted by Gasteiger charge is -2.22. The van der Waals surface area contributed by atoms with Crippen molar-refractivity contribution in [3.8, 4) is 0 Å². The summed E-state index contributed by atoms with van der Waals surface area (Å²) in [6, 6.07) is 7.41. The second-order valence-electron chi connectivity index (χ2n) is 4.43. The van der Waals surface area contributed by atoms with Gasteiger partial charge in [0.2, 0.25) is 11.8 Å². The molecular weight excluding hydrogens is 296 g/mol. The molecule has 2 rings (SSSR count). The maximum Gasteiger partial charge on any atom is 0.245 e. The minimum absolute atomic E-state index is 0.0243. The largest absolute Gasteiger partial charge is 0.345 e. The van der Waals surface area contributed by atoms with Crippen LogP contribution in [0.5, 0.6) is 0 Å². The summed E-state index contributed by atoms with van der Waals surface area (Å²) in [6.45, 7) is 2.75. The molecule has 1 aliphatic heterocycles. The molecule has 1 atom stereocenters. The molecule has 0 spiro atoms. The van der Waals surface area contributed by atoms with E-state index in [0.717, 1.165) is 10.0 Å². The Morgan fingerprint density at radius 1 is 1.33 bits per heavy atom. The first-order chi connectivity index (χ1) is 8.56. The Balaban J connectivity index is 2.09. The van der Waals surface area contributed by atoms with Crippen molar-refractivity contribution in [3.05, 3.63) is 34.3 Å². The highest BCUT2D eigenvalue weighted by Crippen LogP contribution is 2.14. The predicted octanol–water partition coefficient (Wildman–Crippen LogP) is 1.69. The Labute approximate surface area is 114 Å². The summed E-state index contributed by atoms with van der Waals surface area (Å²) in [5.74, 6) is -0.0853. The quantitative estimate of drug-likeness (QED) is 0.903. The highest BCUT2D eigenvalue weighted by molar-refractivity contribution is 9.10. The molecule has 2 amide bonds. The van der Waals surface area contributed by atoms with Crippen LogP contribution in [0.4, 0.5) is 0 Å². The fraction of sp³-hybridized carbons (Fsp3) is 0.385. The Hall–Kier alpha value is -1.36. The molecule has 0 aliphatic carbocycles. The lowest BCUT2D eigenvalue weighted by molar-refractivity contribution is -0.133. The summed E-state index contributed by atoms with van der Waals surface area (Å²) < 4.78 is 1.01. The maximum atomic E-state index is 12.1. The number of hydrogen-bond donors (Lipinski definition) is 1. The van der Waals surface area contributed by atoms with E-state index in [0.29, 0.717) is 19.5 Å². The van der Waals surface area contributed by atoms with Crippen molar-refractivity contribution in [3.63, 3.8) is 0 Å². The monoisotopic (exact) mass is 310 g/mol. The summed E-state index contributed by atoms with van der Waals surface area (Å²) in [5, 5.41) is 2.68. The molecule has 4 nitrogen and oxygen atoms in total. The summed E-state index contributed by atoms with van der Waals surface area (Å²) in [7, 11) is 0. The first kappa shape index (κ1) is 13.1. The van der Waals surface area contributed by atoms with Gasteiger partial charge in [0.1, 0.15) is 6.04 Å². The van der Waals surface area contributed by atoms with Crippen LogP contribution < -0.4 is 5.32 Å². The van der Waals surface area contributed by atoms with E-state index in [9.17, 15) is 9.59 Å². The smallest absolute Gasteiger partial charge is 0.245 e. The average Bonchev–Trinajstić information content (AvgIpc) is 2.46. The van der Waals surface area contributed by atoms with E-state index in [2.05, 4.69) is 21.2 Å². The normalized spacial score (nSPS) is 20.6. The standard InChI is InChI=1S/C13H15BrN2O2/c1-9-13(18)16(7-6-12(17)15-9)8-10-2-4-11(14)5-3-10/h2-5,9H,6-8H2,1H3,(H,15,17). The van der Waals surface area contributed by atoms with E-state index in [4.69, 9.17) is 0 Å². The number of nitrogens with one attached hydrogen (secondary N) is 1. The van der Waals surface area contributed by atoms with Gasteiger partial charge in [-0.1, -0.05) is 28.1 Å². The van der Waals surface area contributed by atoms with E-state index in [1.165, 1.54) is 0 Å². The van der Waals surface area contributed by atoms with Crippen molar-refractivity contribution >= 4 is 27.7 Å². The molecule has 18 heavy (non-hydrogen) atoms. The number of carbonyl (C=O) groups is 2. The van der Waals surface area contributed by atoms with Crippen molar-refractivity contribution in [1.82, 2.24) is 10.2 Å². The Bertz CT molecular complexity index is 459. The van der Waals surface area contributed by atoms with Gasteiger partial charge in [-0.3, -0.25) is 9.59 Å². The molecule has 0 bridgehead atoms. The molecular formula is C13H15BrN2O2. The van der Waals surface area contributed by atoms with Crippen LogP contribution in [-0.4, -0.2) is 29.3 Å². The van der Waals surface area contributed by atoms with Crippen molar-refractivity contribution in [2.75, 3.05) is 6.54 Å². The molecule has 1 aromatic carbocycles. The van der Waals surface area contributed by atoms with Gasteiger partial charge in [0.15, 0.2) is 0 Å². The van der Waals surface area contributed by atoms with Gasteiger partial charge in [-0.25, -0.2) is 0 Å². The van der Waals surface area contributed by atoms with Gasteiger partial charge in [-0.05, 0) is 24.6 Å². The van der Waals surface area contributed by atoms with E-state index in [1.54, 1.807) is 11.8 Å². The zero-order chi connectivity index (χ0) is 13.1. The van der Waals surface area contributed by atoms with Gasteiger partial charge in [0.05, 0.1) is 0 Å². The minimum atomic E-state index is -0.435. The third kappa shape index (κ3) is 3.10. The van der Waals surface area contributed by atoms with Gasteiger partial charge in [0.25, 0.3) is 0 Å². The maximum absolute atomic E-state index is 12.1. The van der Waals surface area contributed by atoms with Gasteiger partial charge in [-0.15, -0.1) is 0 Å². The molecule has 1 aromatic rings. The number of rotatable bonds is 2. The topological polar surface area (TPSA) is 49.4 Å². The third-order valence-electron chi connectivity index (χ3n) is 2.96.